The molecule has 1 aromatic heterocycles. The molecule has 1 aromatic carbocycles. The number of hydrogen-bond donors (Lipinski definition) is 0. The van der Waals surface area contributed by atoms with E-state index in [0.29, 0.717) is 11.6 Å². The summed E-state index contributed by atoms with van der Waals surface area (Å²) < 4.78 is 15.0. The predicted molar refractivity (Wildman–Crippen MR) is 87.4 cm³/mol. The van der Waals surface area contributed by atoms with Crippen LogP contribution in [-0.2, 0) is 7.05 Å². The van der Waals surface area contributed by atoms with Gasteiger partial charge in [-0.15, -0.1) is 0 Å². The van der Waals surface area contributed by atoms with Crippen LogP contribution >= 0.6 is 0 Å². The maximum absolute atomic E-state index is 13.0. The minimum atomic E-state index is -0.269. The molecule has 0 atom stereocenters. The van der Waals surface area contributed by atoms with Crippen LogP contribution in [0.5, 0.6) is 0 Å². The Morgan fingerprint density at radius 2 is 1.77 bits per heavy atom. The number of aromatic nitrogens is 1. The van der Waals surface area contributed by atoms with Gasteiger partial charge in [0.2, 0.25) is 5.96 Å². The second-order valence-corrected chi connectivity index (χ2v) is 4.84. The maximum Gasteiger partial charge on any atom is 0.227 e. The first kappa shape index (κ1) is 15.9. The Labute approximate surface area is 130 Å². The number of nitrogens with zero attached hydrogens (tertiary/aromatic N) is 4. The van der Waals surface area contributed by atoms with Crippen molar-refractivity contribution in [2.75, 3.05) is 13.1 Å². The molecule has 0 radical (unpaired) electrons. The highest BCUT2D eigenvalue weighted by atomic mass is 19.1. The van der Waals surface area contributed by atoms with Gasteiger partial charge in [0.25, 0.3) is 0 Å². The molecule has 22 heavy (non-hydrogen) atoms. The van der Waals surface area contributed by atoms with Crippen LogP contribution in [0.3, 0.4) is 0 Å². The molecule has 1 heterocycles. The van der Waals surface area contributed by atoms with Gasteiger partial charge in [-0.3, -0.25) is 0 Å². The first-order valence-corrected chi connectivity index (χ1v) is 7.39. The molecule has 4 nitrogen and oxygen atoms in total. The molecule has 0 aliphatic carbocycles. The first-order valence-electron chi connectivity index (χ1n) is 7.39. The Morgan fingerprint density at radius 3 is 2.36 bits per heavy atom. The summed E-state index contributed by atoms with van der Waals surface area (Å²) >= 11 is 0. The van der Waals surface area contributed by atoms with Gasteiger partial charge < -0.3 is 9.47 Å². The smallest absolute Gasteiger partial charge is 0.227 e. The molecule has 2 rings (SSSR count). The highest BCUT2D eigenvalue weighted by Gasteiger charge is 2.07. The molecule has 0 amide bonds. The third-order valence-electron chi connectivity index (χ3n) is 3.34. The van der Waals surface area contributed by atoms with E-state index in [9.17, 15) is 4.39 Å². The molecule has 0 aliphatic rings. The van der Waals surface area contributed by atoms with E-state index in [1.807, 2.05) is 36.0 Å². The number of rotatable bonds is 3. The van der Waals surface area contributed by atoms with Gasteiger partial charge in [-0.05, 0) is 50.2 Å². The summed E-state index contributed by atoms with van der Waals surface area (Å²) in [6, 6.07) is 11.9. The van der Waals surface area contributed by atoms with Crippen molar-refractivity contribution in [3.05, 3.63) is 60.0 Å². The lowest BCUT2D eigenvalue weighted by Gasteiger charge is -2.19. The molecule has 0 saturated heterocycles. The SMILES string of the molecule is CCN(CC)C(=Nc1ccc(F)cc1)N=c1ccccn1C. The van der Waals surface area contributed by atoms with Crippen molar-refractivity contribution < 1.29 is 4.39 Å². The van der Waals surface area contributed by atoms with E-state index in [4.69, 9.17) is 0 Å². The highest BCUT2D eigenvalue weighted by Crippen LogP contribution is 2.13. The van der Waals surface area contributed by atoms with Crippen LogP contribution in [0, 0.1) is 5.82 Å². The largest absolute Gasteiger partial charge is 0.341 e. The van der Waals surface area contributed by atoms with Crippen molar-refractivity contribution in [2.45, 2.75) is 13.8 Å². The highest BCUT2D eigenvalue weighted by molar-refractivity contribution is 5.83. The number of benzene rings is 1. The van der Waals surface area contributed by atoms with Crippen molar-refractivity contribution in [1.82, 2.24) is 9.47 Å². The van der Waals surface area contributed by atoms with Crippen LogP contribution in [0.2, 0.25) is 0 Å². The van der Waals surface area contributed by atoms with Gasteiger partial charge in [-0.25, -0.2) is 9.38 Å². The summed E-state index contributed by atoms with van der Waals surface area (Å²) in [5.41, 5.74) is 1.50. The minimum absolute atomic E-state index is 0.269. The average molecular weight is 300 g/mol. The van der Waals surface area contributed by atoms with E-state index in [2.05, 4.69) is 28.7 Å². The van der Waals surface area contributed by atoms with Crippen LogP contribution in [0.25, 0.3) is 0 Å². The molecule has 0 spiro atoms. The number of aliphatic imine (C=N–C) groups is 1. The predicted octanol–water partition coefficient (Wildman–Crippen LogP) is 3.09. The summed E-state index contributed by atoms with van der Waals surface area (Å²) in [7, 11) is 1.94. The Balaban J connectivity index is 2.50. The number of pyridine rings is 1. The third-order valence-corrected chi connectivity index (χ3v) is 3.34. The number of hydrogen-bond acceptors (Lipinski definition) is 1. The molecule has 116 valence electrons. The number of halogens is 1. The molecule has 5 heteroatoms. The second kappa shape index (κ2) is 7.54. The molecular weight excluding hydrogens is 279 g/mol. The monoisotopic (exact) mass is 300 g/mol. The van der Waals surface area contributed by atoms with Gasteiger partial charge in [-0.2, -0.15) is 4.99 Å². The fourth-order valence-corrected chi connectivity index (χ4v) is 2.04. The van der Waals surface area contributed by atoms with E-state index in [-0.39, 0.29) is 5.82 Å². The van der Waals surface area contributed by atoms with E-state index in [0.717, 1.165) is 18.6 Å². The topological polar surface area (TPSA) is 32.9 Å². The van der Waals surface area contributed by atoms with Gasteiger partial charge in [0.05, 0.1) is 5.69 Å². The zero-order valence-corrected chi connectivity index (χ0v) is 13.2. The summed E-state index contributed by atoms with van der Waals surface area (Å²) in [4.78, 5) is 11.3. The van der Waals surface area contributed by atoms with Gasteiger partial charge in [0.15, 0.2) is 0 Å². The summed E-state index contributed by atoms with van der Waals surface area (Å²) in [6.45, 7) is 5.72. The number of guanidine groups is 1. The molecular formula is C17H21FN4. The summed E-state index contributed by atoms with van der Waals surface area (Å²) in [5.74, 6) is 0.355. The molecule has 0 fully saturated rings. The lowest BCUT2D eigenvalue weighted by molar-refractivity contribution is 0.459. The van der Waals surface area contributed by atoms with Crippen LogP contribution in [0.1, 0.15) is 13.8 Å². The maximum atomic E-state index is 13.0. The van der Waals surface area contributed by atoms with E-state index in [1.54, 1.807) is 12.1 Å². The lowest BCUT2D eigenvalue weighted by Crippen LogP contribution is -2.32. The molecule has 0 bridgehead atoms. The Kier molecular flexibility index (Phi) is 5.47. The van der Waals surface area contributed by atoms with Crippen molar-refractivity contribution in [3.63, 3.8) is 0 Å². The van der Waals surface area contributed by atoms with Gasteiger partial charge in [-0.1, -0.05) is 6.07 Å². The Bertz CT molecular complexity index is 697. The molecule has 0 N–H and O–H groups in total. The molecule has 0 unspecified atom stereocenters. The van der Waals surface area contributed by atoms with Crippen LogP contribution in [0.4, 0.5) is 10.1 Å². The van der Waals surface area contributed by atoms with Crippen LogP contribution in [0.15, 0.2) is 58.6 Å². The average Bonchev–Trinajstić information content (AvgIpc) is 2.53. The van der Waals surface area contributed by atoms with Gasteiger partial charge in [0.1, 0.15) is 11.3 Å². The zero-order valence-electron chi connectivity index (χ0n) is 13.2. The standard InChI is InChI=1S/C17H21FN4/c1-4-22(5-2)17(19-15-11-9-14(18)10-12-15)20-16-8-6-7-13-21(16)3/h6-13H,4-5H2,1-3H3. The van der Waals surface area contributed by atoms with Crippen molar-refractivity contribution in [3.8, 4) is 0 Å². The summed E-state index contributed by atoms with van der Waals surface area (Å²) in [6.07, 6.45) is 1.94. The number of aryl methyl sites for hydroxylation is 1. The summed E-state index contributed by atoms with van der Waals surface area (Å²) in [5, 5.41) is 0. The Morgan fingerprint density at radius 1 is 1.09 bits per heavy atom. The minimum Gasteiger partial charge on any atom is -0.341 e. The molecule has 0 saturated carbocycles. The Hall–Kier alpha value is -2.43. The first-order chi connectivity index (χ1) is 10.6. The van der Waals surface area contributed by atoms with E-state index < -0.39 is 0 Å². The van der Waals surface area contributed by atoms with E-state index in [1.165, 1.54) is 12.1 Å². The molecule has 2 aromatic rings. The quantitative estimate of drug-likeness (QED) is 0.633. The van der Waals surface area contributed by atoms with Gasteiger partial charge >= 0.3 is 0 Å². The normalized spacial score (nSPS) is 12.5. The lowest BCUT2D eigenvalue weighted by atomic mass is 10.3. The second-order valence-electron chi connectivity index (χ2n) is 4.84. The third kappa shape index (κ3) is 4.04. The van der Waals surface area contributed by atoms with E-state index >= 15 is 0 Å². The van der Waals surface area contributed by atoms with Crippen molar-refractivity contribution in [1.29, 1.82) is 0 Å². The van der Waals surface area contributed by atoms with Crippen molar-refractivity contribution in [2.24, 2.45) is 17.0 Å². The molecule has 0 aliphatic heterocycles. The van der Waals surface area contributed by atoms with Crippen molar-refractivity contribution >= 4 is 11.6 Å². The fourth-order valence-electron chi connectivity index (χ4n) is 2.04. The zero-order chi connectivity index (χ0) is 15.9. The van der Waals surface area contributed by atoms with Crippen LogP contribution < -0.4 is 5.49 Å². The van der Waals surface area contributed by atoms with Crippen LogP contribution in [-0.4, -0.2) is 28.5 Å². The van der Waals surface area contributed by atoms with Gasteiger partial charge in [0, 0.05) is 26.3 Å². The fraction of sp³-hybridized carbons (Fsp3) is 0.294.